The molecule has 0 unspecified atom stereocenters. The zero-order valence-corrected chi connectivity index (χ0v) is 24.4. The molecular weight excluding hydrogens is 502 g/mol. The Kier molecular flexibility index (Phi) is 8.48. The van der Waals surface area contributed by atoms with Crippen LogP contribution >= 0.6 is 0 Å². The highest BCUT2D eigenvalue weighted by molar-refractivity contribution is 5.75. The van der Waals surface area contributed by atoms with Gasteiger partial charge in [-0.05, 0) is 65.7 Å². The van der Waals surface area contributed by atoms with Crippen molar-refractivity contribution in [1.29, 1.82) is 5.26 Å². The number of nitriles is 1. The van der Waals surface area contributed by atoms with Gasteiger partial charge in [0, 0.05) is 57.4 Å². The van der Waals surface area contributed by atoms with Crippen LogP contribution in [0, 0.1) is 11.3 Å². The molecule has 9 heteroatoms. The average Bonchev–Trinajstić information content (AvgIpc) is 2.93. The minimum Gasteiger partial charge on any atom is -0.444 e. The summed E-state index contributed by atoms with van der Waals surface area (Å²) in [6, 6.07) is 13.4. The van der Waals surface area contributed by atoms with Gasteiger partial charge in [-0.25, -0.2) is 9.78 Å². The molecule has 3 aliphatic rings. The fourth-order valence-electron chi connectivity index (χ4n) is 5.93. The Morgan fingerprint density at radius 3 is 2.42 bits per heavy atom. The number of nitrogens with zero attached hydrogens (tertiary/aromatic N) is 6. The van der Waals surface area contributed by atoms with Crippen LogP contribution in [0.25, 0.3) is 0 Å². The first-order valence-electron chi connectivity index (χ1n) is 14.6. The molecule has 1 aromatic heterocycles. The third-order valence-electron chi connectivity index (χ3n) is 8.07. The number of rotatable bonds is 5. The van der Waals surface area contributed by atoms with Gasteiger partial charge in [0.2, 0.25) is 0 Å². The molecule has 0 atom stereocenters. The summed E-state index contributed by atoms with van der Waals surface area (Å²) in [5, 5.41) is 14.1. The van der Waals surface area contributed by atoms with Gasteiger partial charge in [0.15, 0.2) is 0 Å². The summed E-state index contributed by atoms with van der Waals surface area (Å²) in [7, 11) is 2.16. The lowest BCUT2D eigenvalue weighted by Crippen LogP contribution is -2.50. The van der Waals surface area contributed by atoms with Crippen molar-refractivity contribution in [2.75, 3.05) is 63.1 Å². The Bertz CT molecular complexity index is 1220. The molecule has 5 rings (SSSR count). The van der Waals surface area contributed by atoms with Gasteiger partial charge in [-0.15, -0.1) is 0 Å². The third kappa shape index (κ3) is 6.68. The van der Waals surface area contributed by atoms with E-state index in [2.05, 4.69) is 63.5 Å². The van der Waals surface area contributed by atoms with Crippen molar-refractivity contribution in [3.8, 4) is 6.07 Å². The molecular formula is C31H43N7O2. The molecule has 2 fully saturated rings. The molecule has 1 amide bonds. The van der Waals surface area contributed by atoms with Crippen molar-refractivity contribution in [3.05, 3.63) is 52.7 Å². The minimum atomic E-state index is -0.521. The van der Waals surface area contributed by atoms with Crippen LogP contribution in [0.15, 0.2) is 30.3 Å². The zero-order valence-electron chi connectivity index (χ0n) is 24.4. The van der Waals surface area contributed by atoms with Crippen molar-refractivity contribution < 1.29 is 9.53 Å². The molecule has 2 saturated heterocycles. The lowest BCUT2D eigenvalue weighted by atomic mass is 9.97. The Morgan fingerprint density at radius 2 is 1.77 bits per heavy atom. The maximum absolute atomic E-state index is 12.7. The highest BCUT2D eigenvalue weighted by Gasteiger charge is 2.32. The molecule has 3 aliphatic heterocycles. The van der Waals surface area contributed by atoms with Gasteiger partial charge in [0.25, 0.3) is 0 Å². The Morgan fingerprint density at radius 1 is 1.07 bits per heavy atom. The predicted octanol–water partition coefficient (Wildman–Crippen LogP) is 4.07. The number of benzene rings is 1. The maximum Gasteiger partial charge on any atom is 0.410 e. The van der Waals surface area contributed by atoms with Gasteiger partial charge >= 0.3 is 6.09 Å². The number of likely N-dealkylation sites (tertiary alicyclic amines) is 1. The Balaban J connectivity index is 1.41. The fourth-order valence-corrected chi connectivity index (χ4v) is 5.93. The minimum absolute atomic E-state index is 0.273. The van der Waals surface area contributed by atoms with Gasteiger partial charge < -0.3 is 24.8 Å². The van der Waals surface area contributed by atoms with E-state index in [1.807, 2.05) is 20.8 Å². The van der Waals surface area contributed by atoms with Crippen LogP contribution in [-0.4, -0.2) is 90.3 Å². The molecule has 0 radical (unpaired) electrons. The van der Waals surface area contributed by atoms with E-state index in [-0.39, 0.29) is 6.09 Å². The van der Waals surface area contributed by atoms with Crippen molar-refractivity contribution in [3.63, 3.8) is 0 Å². The number of pyridine rings is 1. The third-order valence-corrected chi connectivity index (χ3v) is 8.07. The fraction of sp³-hybridized carbons (Fsp3) is 0.581. The maximum atomic E-state index is 12.7. The molecule has 40 heavy (non-hydrogen) atoms. The number of fused-ring (bicyclic) bond motifs is 1. The van der Waals surface area contributed by atoms with E-state index in [1.54, 1.807) is 4.90 Å². The normalized spacial score (nSPS) is 19.2. The van der Waals surface area contributed by atoms with E-state index in [0.717, 1.165) is 63.4 Å². The van der Waals surface area contributed by atoms with E-state index >= 15 is 0 Å². The molecule has 0 aliphatic carbocycles. The summed E-state index contributed by atoms with van der Waals surface area (Å²) in [4.78, 5) is 26.7. The first kappa shape index (κ1) is 28.2. The Hall–Kier alpha value is -3.35. The molecule has 1 N–H and O–H groups in total. The van der Waals surface area contributed by atoms with E-state index in [0.29, 0.717) is 43.6 Å². The Labute approximate surface area is 238 Å². The van der Waals surface area contributed by atoms with Gasteiger partial charge in [-0.3, -0.25) is 4.90 Å². The number of ether oxygens (including phenoxy) is 1. The average molecular weight is 546 g/mol. The SMILES string of the molecule is CN1CCC(Nc2nc3c(c(N4CCN(C(=O)OC(C)(C)C)CC4)c2C#N)CCN(Cc2ccccc2)C3)CC1. The molecule has 1 aromatic carbocycles. The first-order valence-corrected chi connectivity index (χ1v) is 14.6. The number of carbonyl (C=O) groups is 1. The van der Waals surface area contributed by atoms with Crippen molar-refractivity contribution in [2.24, 2.45) is 0 Å². The van der Waals surface area contributed by atoms with E-state index in [4.69, 9.17) is 9.72 Å². The number of amides is 1. The second kappa shape index (κ2) is 12.0. The molecule has 9 nitrogen and oxygen atoms in total. The van der Waals surface area contributed by atoms with Crippen LogP contribution in [0.4, 0.5) is 16.3 Å². The number of hydrogen-bond acceptors (Lipinski definition) is 8. The smallest absolute Gasteiger partial charge is 0.410 e. The molecule has 2 aromatic rings. The zero-order chi connectivity index (χ0) is 28.3. The predicted molar refractivity (Wildman–Crippen MR) is 157 cm³/mol. The number of nitrogens with one attached hydrogen (secondary N) is 1. The molecule has 214 valence electrons. The topological polar surface area (TPSA) is 88.0 Å². The quantitative estimate of drug-likeness (QED) is 0.602. The standard InChI is InChI=1S/C31H43N7O2/c1-31(2,3)40-30(39)38-18-16-37(17-19-38)28-25-12-15-36(21-23-8-6-5-7-9-23)22-27(25)34-29(26(28)20-32)33-24-10-13-35(4)14-11-24/h5-9,24H,10-19,21-22H2,1-4H3,(H,33,34). The van der Waals surface area contributed by atoms with Crippen LogP contribution in [0.2, 0.25) is 0 Å². The van der Waals surface area contributed by atoms with Gasteiger partial charge in [0.1, 0.15) is 23.1 Å². The summed E-state index contributed by atoms with van der Waals surface area (Å²) in [6.45, 7) is 12.7. The van der Waals surface area contributed by atoms with E-state index in [9.17, 15) is 10.1 Å². The van der Waals surface area contributed by atoms with Crippen LogP contribution in [0.1, 0.15) is 56.0 Å². The van der Waals surface area contributed by atoms with Gasteiger partial charge in [-0.1, -0.05) is 30.3 Å². The lowest BCUT2D eigenvalue weighted by Gasteiger charge is -2.40. The number of anilines is 2. The van der Waals surface area contributed by atoms with Crippen molar-refractivity contribution >= 4 is 17.6 Å². The highest BCUT2D eigenvalue weighted by Crippen LogP contribution is 2.37. The van der Waals surface area contributed by atoms with Gasteiger partial charge in [0.05, 0.1) is 11.4 Å². The molecule has 4 heterocycles. The van der Waals surface area contributed by atoms with Crippen LogP contribution < -0.4 is 10.2 Å². The largest absolute Gasteiger partial charge is 0.444 e. The van der Waals surface area contributed by atoms with Crippen LogP contribution in [-0.2, 0) is 24.2 Å². The number of hydrogen-bond donors (Lipinski definition) is 1. The van der Waals surface area contributed by atoms with Crippen LogP contribution in [0.5, 0.6) is 0 Å². The molecule has 0 saturated carbocycles. The monoisotopic (exact) mass is 545 g/mol. The summed E-state index contributed by atoms with van der Waals surface area (Å²) < 4.78 is 5.61. The molecule has 0 bridgehead atoms. The van der Waals surface area contributed by atoms with E-state index in [1.165, 1.54) is 11.1 Å². The first-order chi connectivity index (χ1) is 19.2. The highest BCUT2D eigenvalue weighted by atomic mass is 16.6. The number of carbonyl (C=O) groups excluding carboxylic acids is 1. The number of aromatic nitrogens is 1. The van der Waals surface area contributed by atoms with Gasteiger partial charge in [-0.2, -0.15) is 5.26 Å². The summed E-state index contributed by atoms with van der Waals surface area (Å²) >= 11 is 0. The van der Waals surface area contributed by atoms with Crippen molar-refractivity contribution in [2.45, 2.75) is 64.8 Å². The van der Waals surface area contributed by atoms with Crippen LogP contribution in [0.3, 0.4) is 0 Å². The summed E-state index contributed by atoms with van der Waals surface area (Å²) in [5.74, 6) is 0.710. The summed E-state index contributed by atoms with van der Waals surface area (Å²) in [6.07, 6.45) is 2.64. The number of piperidine rings is 1. The molecule has 0 spiro atoms. The second-order valence-electron chi connectivity index (χ2n) is 12.3. The second-order valence-corrected chi connectivity index (χ2v) is 12.3. The van der Waals surface area contributed by atoms with E-state index < -0.39 is 5.60 Å². The lowest BCUT2D eigenvalue weighted by molar-refractivity contribution is 0.0240. The van der Waals surface area contributed by atoms with Crippen molar-refractivity contribution in [1.82, 2.24) is 19.7 Å². The summed E-state index contributed by atoms with van der Waals surface area (Å²) in [5.41, 5.74) is 4.66. The number of piperazine rings is 1.